The first kappa shape index (κ1) is 12.8. The summed E-state index contributed by atoms with van der Waals surface area (Å²) < 4.78 is 12.0. The van der Waals surface area contributed by atoms with Crippen LogP contribution in [0.3, 0.4) is 0 Å². The van der Waals surface area contributed by atoms with Crippen molar-refractivity contribution in [2.75, 3.05) is 6.67 Å². The van der Waals surface area contributed by atoms with Crippen LogP contribution in [-0.2, 0) is 12.8 Å². The standard InChI is InChI=1S/C14H20FN/c1-12(16)4-2-5-13-7-9-14(10-8-13)6-3-11-15/h7-10H,1-6,11,16H2. The molecule has 0 aliphatic carbocycles. The Morgan fingerprint density at radius 3 is 2.00 bits per heavy atom. The molecule has 16 heavy (non-hydrogen) atoms. The van der Waals surface area contributed by atoms with Crippen LogP contribution < -0.4 is 5.73 Å². The molecule has 0 aliphatic heterocycles. The molecule has 0 aromatic heterocycles. The van der Waals surface area contributed by atoms with Crippen LogP contribution in [0.15, 0.2) is 36.5 Å². The number of aryl methyl sites for hydroxylation is 2. The normalized spacial score (nSPS) is 10.3. The maximum Gasteiger partial charge on any atom is 0.0897 e. The van der Waals surface area contributed by atoms with Gasteiger partial charge in [-0.1, -0.05) is 30.8 Å². The minimum Gasteiger partial charge on any atom is -0.403 e. The Hall–Kier alpha value is -1.31. The third kappa shape index (κ3) is 4.96. The highest BCUT2D eigenvalue weighted by molar-refractivity contribution is 5.22. The number of hydrogen-bond donors (Lipinski definition) is 1. The van der Waals surface area contributed by atoms with Crippen LogP contribution in [0, 0.1) is 0 Å². The monoisotopic (exact) mass is 221 g/mol. The third-order valence-corrected chi connectivity index (χ3v) is 2.59. The summed E-state index contributed by atoms with van der Waals surface area (Å²) in [5.41, 5.74) is 8.78. The summed E-state index contributed by atoms with van der Waals surface area (Å²) in [4.78, 5) is 0. The number of benzene rings is 1. The average molecular weight is 221 g/mol. The number of halogens is 1. The summed E-state index contributed by atoms with van der Waals surface area (Å²) in [6.07, 6.45) is 4.39. The molecule has 0 amide bonds. The molecule has 88 valence electrons. The lowest BCUT2D eigenvalue weighted by atomic mass is 10.0. The molecule has 0 aliphatic rings. The smallest absolute Gasteiger partial charge is 0.0897 e. The van der Waals surface area contributed by atoms with Crippen molar-refractivity contribution in [3.63, 3.8) is 0 Å². The van der Waals surface area contributed by atoms with E-state index in [1.807, 2.05) is 0 Å². The molecule has 0 unspecified atom stereocenters. The Morgan fingerprint density at radius 1 is 1.06 bits per heavy atom. The first-order valence-electron chi connectivity index (χ1n) is 5.79. The Bertz CT molecular complexity index is 316. The number of rotatable bonds is 7. The van der Waals surface area contributed by atoms with Gasteiger partial charge in [0.1, 0.15) is 0 Å². The molecule has 0 fully saturated rings. The maximum atomic E-state index is 12.0. The Labute approximate surface area is 97.2 Å². The van der Waals surface area contributed by atoms with Gasteiger partial charge in [-0.15, -0.1) is 0 Å². The van der Waals surface area contributed by atoms with E-state index < -0.39 is 0 Å². The number of alkyl halides is 1. The first-order valence-corrected chi connectivity index (χ1v) is 5.79. The van der Waals surface area contributed by atoms with Gasteiger partial charge in [0.2, 0.25) is 0 Å². The van der Waals surface area contributed by atoms with Gasteiger partial charge < -0.3 is 5.73 Å². The second-order valence-corrected chi connectivity index (χ2v) is 4.12. The fourth-order valence-corrected chi connectivity index (χ4v) is 1.66. The molecule has 0 saturated heterocycles. The topological polar surface area (TPSA) is 26.0 Å². The van der Waals surface area contributed by atoms with Crippen LogP contribution in [0.4, 0.5) is 4.39 Å². The number of allylic oxidation sites excluding steroid dienone is 1. The van der Waals surface area contributed by atoms with Crippen LogP contribution in [0.25, 0.3) is 0 Å². The molecule has 0 atom stereocenters. The van der Waals surface area contributed by atoms with E-state index in [2.05, 4.69) is 30.8 Å². The van der Waals surface area contributed by atoms with Gasteiger partial charge in [-0.25, -0.2) is 0 Å². The Balaban J connectivity index is 2.36. The van der Waals surface area contributed by atoms with E-state index in [-0.39, 0.29) is 6.67 Å². The van der Waals surface area contributed by atoms with Crippen molar-refractivity contribution in [3.8, 4) is 0 Å². The highest BCUT2D eigenvalue weighted by Crippen LogP contribution is 2.10. The SMILES string of the molecule is C=C(N)CCCc1ccc(CCCF)cc1. The van der Waals surface area contributed by atoms with Gasteiger partial charge in [-0.3, -0.25) is 4.39 Å². The van der Waals surface area contributed by atoms with Gasteiger partial charge in [0, 0.05) is 5.70 Å². The highest BCUT2D eigenvalue weighted by Gasteiger charge is 1.96. The minimum atomic E-state index is -0.236. The molecular formula is C14H20FN. The second kappa shape index (κ2) is 7.04. The van der Waals surface area contributed by atoms with Crippen molar-refractivity contribution in [1.82, 2.24) is 0 Å². The van der Waals surface area contributed by atoms with Crippen molar-refractivity contribution in [2.24, 2.45) is 5.73 Å². The van der Waals surface area contributed by atoms with Gasteiger partial charge >= 0.3 is 0 Å². The first-order chi connectivity index (χ1) is 7.72. The maximum absolute atomic E-state index is 12.0. The van der Waals surface area contributed by atoms with E-state index in [9.17, 15) is 4.39 Å². The van der Waals surface area contributed by atoms with Crippen molar-refractivity contribution >= 4 is 0 Å². The Kier molecular flexibility index (Phi) is 5.62. The molecule has 0 radical (unpaired) electrons. The molecule has 2 heteroatoms. The largest absolute Gasteiger partial charge is 0.403 e. The fraction of sp³-hybridized carbons (Fsp3) is 0.429. The van der Waals surface area contributed by atoms with Gasteiger partial charge in [0.25, 0.3) is 0 Å². The number of nitrogens with two attached hydrogens (primary N) is 1. The molecule has 1 aromatic rings. The van der Waals surface area contributed by atoms with E-state index in [0.29, 0.717) is 6.42 Å². The van der Waals surface area contributed by atoms with Crippen molar-refractivity contribution < 1.29 is 4.39 Å². The lowest BCUT2D eigenvalue weighted by Crippen LogP contribution is -1.96. The zero-order chi connectivity index (χ0) is 11.8. The van der Waals surface area contributed by atoms with Crippen molar-refractivity contribution in [1.29, 1.82) is 0 Å². The van der Waals surface area contributed by atoms with Crippen molar-refractivity contribution in [3.05, 3.63) is 47.7 Å². The second-order valence-electron chi connectivity index (χ2n) is 4.12. The van der Waals surface area contributed by atoms with E-state index in [1.54, 1.807) is 0 Å². The van der Waals surface area contributed by atoms with Crippen LogP contribution in [0.2, 0.25) is 0 Å². The molecule has 1 rings (SSSR count). The lowest BCUT2D eigenvalue weighted by molar-refractivity contribution is 0.473. The Morgan fingerprint density at radius 2 is 1.56 bits per heavy atom. The molecule has 1 nitrogen and oxygen atoms in total. The zero-order valence-electron chi connectivity index (χ0n) is 9.71. The summed E-state index contributed by atoms with van der Waals surface area (Å²) in [7, 11) is 0. The van der Waals surface area contributed by atoms with Gasteiger partial charge in [-0.2, -0.15) is 0 Å². The quantitative estimate of drug-likeness (QED) is 0.750. The van der Waals surface area contributed by atoms with Crippen LogP contribution in [-0.4, -0.2) is 6.67 Å². The lowest BCUT2D eigenvalue weighted by Gasteiger charge is -2.03. The summed E-state index contributed by atoms with van der Waals surface area (Å²) in [6.45, 7) is 3.44. The van der Waals surface area contributed by atoms with E-state index in [4.69, 9.17) is 5.73 Å². The molecular weight excluding hydrogens is 201 g/mol. The van der Waals surface area contributed by atoms with Gasteiger partial charge in [0.15, 0.2) is 0 Å². The summed E-state index contributed by atoms with van der Waals surface area (Å²) in [5.74, 6) is 0. The summed E-state index contributed by atoms with van der Waals surface area (Å²) in [6, 6.07) is 8.41. The van der Waals surface area contributed by atoms with Crippen LogP contribution in [0.1, 0.15) is 30.4 Å². The minimum absolute atomic E-state index is 0.236. The van der Waals surface area contributed by atoms with Gasteiger partial charge in [-0.05, 0) is 43.2 Å². The molecule has 0 bridgehead atoms. The van der Waals surface area contributed by atoms with Crippen molar-refractivity contribution in [2.45, 2.75) is 32.1 Å². The predicted octanol–water partition coefficient (Wildman–Crippen LogP) is 3.38. The summed E-state index contributed by atoms with van der Waals surface area (Å²) >= 11 is 0. The van der Waals surface area contributed by atoms with Crippen LogP contribution >= 0.6 is 0 Å². The molecule has 0 heterocycles. The highest BCUT2D eigenvalue weighted by atomic mass is 19.1. The van der Waals surface area contributed by atoms with E-state index in [1.165, 1.54) is 11.1 Å². The predicted molar refractivity (Wildman–Crippen MR) is 67.0 cm³/mol. The fourth-order valence-electron chi connectivity index (χ4n) is 1.66. The van der Waals surface area contributed by atoms with Crippen LogP contribution in [0.5, 0.6) is 0 Å². The number of hydrogen-bond acceptors (Lipinski definition) is 1. The molecule has 0 saturated carbocycles. The summed E-state index contributed by atoms with van der Waals surface area (Å²) in [5, 5.41) is 0. The third-order valence-electron chi connectivity index (χ3n) is 2.59. The molecule has 0 spiro atoms. The van der Waals surface area contributed by atoms with E-state index >= 15 is 0 Å². The van der Waals surface area contributed by atoms with E-state index in [0.717, 1.165) is 31.4 Å². The zero-order valence-corrected chi connectivity index (χ0v) is 9.71. The molecule has 1 aromatic carbocycles. The average Bonchev–Trinajstić information content (AvgIpc) is 2.27. The van der Waals surface area contributed by atoms with Gasteiger partial charge in [0.05, 0.1) is 6.67 Å². The molecule has 2 N–H and O–H groups in total.